The van der Waals surface area contributed by atoms with Crippen molar-refractivity contribution in [1.29, 1.82) is 0 Å². The van der Waals surface area contributed by atoms with E-state index in [1.165, 1.54) is 20.0 Å². The van der Waals surface area contributed by atoms with E-state index in [-0.39, 0.29) is 18.6 Å². The van der Waals surface area contributed by atoms with Gasteiger partial charge in [0.05, 0.1) is 7.11 Å². The Morgan fingerprint density at radius 1 is 1.04 bits per heavy atom. The number of hydrogen-bond acceptors (Lipinski definition) is 4. The predicted molar refractivity (Wildman–Crippen MR) is 100 cm³/mol. The van der Waals surface area contributed by atoms with Gasteiger partial charge in [0.25, 0.3) is 5.91 Å². The maximum atomic E-state index is 12.4. The molecule has 26 heavy (non-hydrogen) atoms. The van der Waals surface area contributed by atoms with Crippen LogP contribution in [-0.2, 0) is 9.53 Å². The van der Waals surface area contributed by atoms with Crippen LogP contribution in [0.4, 0.5) is 0 Å². The maximum Gasteiger partial charge on any atom is 0.342 e. The monoisotopic (exact) mass is 355 g/mol. The van der Waals surface area contributed by atoms with Gasteiger partial charge in [0.1, 0.15) is 11.3 Å². The van der Waals surface area contributed by atoms with Gasteiger partial charge in [-0.05, 0) is 35.7 Å². The van der Waals surface area contributed by atoms with Crippen LogP contribution >= 0.6 is 0 Å². The Labute approximate surface area is 153 Å². The Balaban J connectivity index is 1.62. The highest BCUT2D eigenvalue weighted by atomic mass is 16.5. The highest BCUT2D eigenvalue weighted by molar-refractivity contribution is 5.99. The Morgan fingerprint density at radius 2 is 1.69 bits per heavy atom. The number of ether oxygens (including phenoxy) is 2. The Bertz CT molecular complexity index is 779. The van der Waals surface area contributed by atoms with Gasteiger partial charge in [0.2, 0.25) is 0 Å². The first-order valence-corrected chi connectivity index (χ1v) is 9.20. The Hall–Kier alpha value is -2.56. The molecule has 0 spiro atoms. The lowest BCUT2D eigenvalue weighted by molar-refractivity contribution is -0.125. The van der Waals surface area contributed by atoms with Crippen molar-refractivity contribution in [2.45, 2.75) is 44.6 Å². The zero-order chi connectivity index (χ0) is 18.4. The van der Waals surface area contributed by atoms with E-state index < -0.39 is 5.97 Å². The summed E-state index contributed by atoms with van der Waals surface area (Å²) in [6, 6.07) is 11.4. The molecule has 1 amide bonds. The largest absolute Gasteiger partial charge is 0.496 e. The van der Waals surface area contributed by atoms with Crippen molar-refractivity contribution in [3.63, 3.8) is 0 Å². The average Bonchev–Trinajstić information content (AvgIpc) is 2.93. The molecular formula is C21H25NO4. The van der Waals surface area contributed by atoms with Crippen LogP contribution < -0.4 is 10.1 Å². The summed E-state index contributed by atoms with van der Waals surface area (Å²) in [6.45, 7) is -0.273. The summed E-state index contributed by atoms with van der Waals surface area (Å²) in [7, 11) is 1.51. The number of benzene rings is 2. The first-order valence-electron chi connectivity index (χ1n) is 9.20. The van der Waals surface area contributed by atoms with Gasteiger partial charge >= 0.3 is 5.97 Å². The molecule has 3 rings (SSSR count). The Kier molecular flexibility index (Phi) is 6.10. The molecule has 0 bridgehead atoms. The summed E-state index contributed by atoms with van der Waals surface area (Å²) < 4.78 is 10.5. The number of esters is 1. The van der Waals surface area contributed by atoms with Gasteiger partial charge in [0.15, 0.2) is 6.61 Å². The van der Waals surface area contributed by atoms with E-state index >= 15 is 0 Å². The summed E-state index contributed by atoms with van der Waals surface area (Å²) >= 11 is 0. The number of carbonyl (C=O) groups is 2. The maximum absolute atomic E-state index is 12.4. The van der Waals surface area contributed by atoms with Gasteiger partial charge < -0.3 is 14.8 Å². The molecule has 138 valence electrons. The van der Waals surface area contributed by atoms with Gasteiger partial charge in [-0.25, -0.2) is 4.79 Å². The van der Waals surface area contributed by atoms with Crippen LogP contribution in [0, 0.1) is 0 Å². The smallest absolute Gasteiger partial charge is 0.342 e. The lowest BCUT2D eigenvalue weighted by atomic mass is 10.1. The molecule has 1 fully saturated rings. The van der Waals surface area contributed by atoms with Crippen LogP contribution in [-0.4, -0.2) is 31.6 Å². The summed E-state index contributed by atoms with van der Waals surface area (Å²) in [5.41, 5.74) is 0.327. The summed E-state index contributed by atoms with van der Waals surface area (Å²) in [6.07, 6.45) is 6.72. The molecule has 0 radical (unpaired) electrons. The fraction of sp³-hybridized carbons (Fsp3) is 0.429. The van der Waals surface area contributed by atoms with E-state index in [9.17, 15) is 9.59 Å². The molecule has 5 heteroatoms. The number of nitrogens with one attached hydrogen (secondary N) is 1. The second-order valence-corrected chi connectivity index (χ2v) is 6.73. The predicted octanol–water partition coefficient (Wildman–Crippen LogP) is 3.84. The van der Waals surface area contributed by atoms with E-state index in [1.807, 2.05) is 24.3 Å². The molecular weight excluding hydrogens is 330 g/mol. The third-order valence-corrected chi connectivity index (χ3v) is 4.84. The zero-order valence-corrected chi connectivity index (χ0v) is 15.1. The first kappa shape index (κ1) is 18.2. The van der Waals surface area contributed by atoms with Gasteiger partial charge in [0, 0.05) is 6.04 Å². The number of hydrogen-bond donors (Lipinski definition) is 1. The minimum absolute atomic E-state index is 0.193. The lowest BCUT2D eigenvalue weighted by Crippen LogP contribution is -2.37. The van der Waals surface area contributed by atoms with Crippen molar-refractivity contribution in [2.75, 3.05) is 13.7 Å². The molecule has 0 atom stereocenters. The van der Waals surface area contributed by atoms with Crippen LogP contribution in [0.1, 0.15) is 48.9 Å². The van der Waals surface area contributed by atoms with Crippen molar-refractivity contribution >= 4 is 22.6 Å². The van der Waals surface area contributed by atoms with Gasteiger partial charge in [-0.2, -0.15) is 0 Å². The molecule has 1 aliphatic carbocycles. The lowest BCUT2D eigenvalue weighted by Gasteiger charge is -2.16. The number of methoxy groups -OCH3 is 1. The third-order valence-electron chi connectivity index (χ3n) is 4.84. The molecule has 0 aromatic heterocycles. The van der Waals surface area contributed by atoms with Gasteiger partial charge in [-0.3, -0.25) is 4.79 Å². The number of rotatable bonds is 5. The van der Waals surface area contributed by atoms with Crippen LogP contribution in [0.5, 0.6) is 5.75 Å². The number of amides is 1. The summed E-state index contributed by atoms with van der Waals surface area (Å²) in [5, 5.41) is 4.87. The average molecular weight is 355 g/mol. The van der Waals surface area contributed by atoms with E-state index in [0.29, 0.717) is 11.3 Å². The Morgan fingerprint density at radius 3 is 2.35 bits per heavy atom. The van der Waals surface area contributed by atoms with E-state index in [0.717, 1.165) is 36.5 Å². The second-order valence-electron chi connectivity index (χ2n) is 6.73. The van der Waals surface area contributed by atoms with Crippen molar-refractivity contribution < 1.29 is 19.1 Å². The standard InChI is InChI=1S/C21H25NO4/c1-25-19-13-16-9-7-6-8-15(16)12-18(19)21(24)26-14-20(23)22-17-10-4-2-3-5-11-17/h6-9,12-13,17H,2-5,10-11,14H2,1H3,(H,22,23). The van der Waals surface area contributed by atoms with Crippen molar-refractivity contribution in [2.24, 2.45) is 0 Å². The molecule has 0 unspecified atom stereocenters. The van der Waals surface area contributed by atoms with E-state index in [2.05, 4.69) is 5.32 Å². The minimum Gasteiger partial charge on any atom is -0.496 e. The van der Waals surface area contributed by atoms with E-state index in [4.69, 9.17) is 9.47 Å². The van der Waals surface area contributed by atoms with Crippen molar-refractivity contribution in [1.82, 2.24) is 5.32 Å². The SMILES string of the molecule is COc1cc2ccccc2cc1C(=O)OCC(=O)NC1CCCCCC1. The third kappa shape index (κ3) is 4.54. The molecule has 5 nitrogen and oxygen atoms in total. The fourth-order valence-electron chi connectivity index (χ4n) is 3.45. The quantitative estimate of drug-likeness (QED) is 0.654. The molecule has 1 saturated carbocycles. The molecule has 1 aliphatic rings. The van der Waals surface area contributed by atoms with Gasteiger partial charge in [-0.1, -0.05) is 49.9 Å². The first-order chi connectivity index (χ1) is 12.7. The van der Waals surface area contributed by atoms with Crippen LogP contribution in [0.3, 0.4) is 0 Å². The molecule has 2 aromatic rings. The van der Waals surface area contributed by atoms with Crippen LogP contribution in [0.2, 0.25) is 0 Å². The topological polar surface area (TPSA) is 64.6 Å². The summed E-state index contributed by atoms with van der Waals surface area (Å²) in [5.74, 6) is -0.355. The molecule has 1 N–H and O–H groups in total. The fourth-order valence-corrected chi connectivity index (χ4v) is 3.45. The van der Waals surface area contributed by atoms with Crippen molar-refractivity contribution in [3.8, 4) is 5.75 Å². The van der Waals surface area contributed by atoms with Crippen molar-refractivity contribution in [3.05, 3.63) is 42.0 Å². The highest BCUT2D eigenvalue weighted by Gasteiger charge is 2.18. The van der Waals surface area contributed by atoms with Crippen LogP contribution in [0.15, 0.2) is 36.4 Å². The molecule has 2 aromatic carbocycles. The molecule has 0 heterocycles. The molecule has 0 saturated heterocycles. The number of carbonyl (C=O) groups excluding carboxylic acids is 2. The second kappa shape index (κ2) is 8.70. The highest BCUT2D eigenvalue weighted by Crippen LogP contribution is 2.26. The number of fused-ring (bicyclic) bond motifs is 1. The van der Waals surface area contributed by atoms with Gasteiger partial charge in [-0.15, -0.1) is 0 Å². The summed E-state index contributed by atoms with van der Waals surface area (Å²) in [4.78, 5) is 24.5. The minimum atomic E-state index is -0.552. The molecule has 0 aliphatic heterocycles. The zero-order valence-electron chi connectivity index (χ0n) is 15.1. The van der Waals surface area contributed by atoms with Crippen LogP contribution in [0.25, 0.3) is 10.8 Å². The normalized spacial score (nSPS) is 15.3. The van der Waals surface area contributed by atoms with E-state index in [1.54, 1.807) is 12.1 Å².